The van der Waals surface area contributed by atoms with E-state index >= 15 is 0 Å². The number of carbonyl (C=O) groups excluding carboxylic acids is 1. The predicted molar refractivity (Wildman–Crippen MR) is 91.9 cm³/mol. The first-order valence-corrected chi connectivity index (χ1v) is 8.52. The van der Waals surface area contributed by atoms with E-state index in [1.807, 2.05) is 6.92 Å². The Labute approximate surface area is 158 Å². The van der Waals surface area contributed by atoms with Gasteiger partial charge in [0.2, 0.25) is 0 Å². The molecule has 2 atom stereocenters. The van der Waals surface area contributed by atoms with Gasteiger partial charge >= 0.3 is 18.2 Å². The summed E-state index contributed by atoms with van der Waals surface area (Å²) in [6.45, 7) is 2.29. The zero-order valence-electron chi connectivity index (χ0n) is 14.8. The van der Waals surface area contributed by atoms with E-state index in [1.165, 1.54) is 29.4 Å². The van der Waals surface area contributed by atoms with Crippen molar-refractivity contribution in [3.8, 4) is 5.82 Å². The molecule has 28 heavy (non-hydrogen) atoms. The number of halogens is 3. The molecule has 1 fully saturated rings. The number of pyridine rings is 1. The molecule has 0 aromatic carbocycles. The maximum Gasteiger partial charge on any atom is 0.420 e. The first-order valence-electron chi connectivity index (χ1n) is 8.52. The molecule has 2 unspecified atom stereocenters. The molecule has 0 aliphatic carbocycles. The molecule has 2 aromatic rings. The number of aliphatic carboxylic acids is 1. The second-order valence-electron chi connectivity index (χ2n) is 6.73. The molecule has 11 heteroatoms. The largest absolute Gasteiger partial charge is 0.481 e. The first kappa shape index (κ1) is 19.6. The van der Waals surface area contributed by atoms with Crippen molar-refractivity contribution in [3.63, 3.8) is 0 Å². The van der Waals surface area contributed by atoms with E-state index in [0.717, 1.165) is 10.7 Å². The summed E-state index contributed by atoms with van der Waals surface area (Å²) in [7, 11) is 0. The zero-order valence-corrected chi connectivity index (χ0v) is 14.8. The van der Waals surface area contributed by atoms with E-state index in [2.05, 4.69) is 15.4 Å². The number of rotatable bonds is 3. The number of anilines is 1. The highest BCUT2D eigenvalue weighted by Gasteiger charge is 2.35. The SMILES string of the molecule is CC1CC(C(=O)O)CN(C(=O)Nc2ccn(-c3ncccc3C(F)(F)F)n2)C1. The molecule has 150 valence electrons. The van der Waals surface area contributed by atoms with Crippen molar-refractivity contribution in [2.45, 2.75) is 19.5 Å². The number of hydrogen-bond acceptors (Lipinski definition) is 4. The number of likely N-dealkylation sites (tertiary alicyclic amines) is 1. The summed E-state index contributed by atoms with van der Waals surface area (Å²) in [5.74, 6) is -1.98. The summed E-state index contributed by atoms with van der Waals surface area (Å²) in [6.07, 6.45) is -1.65. The molecule has 0 saturated carbocycles. The summed E-state index contributed by atoms with van der Waals surface area (Å²) in [6, 6.07) is 2.85. The van der Waals surface area contributed by atoms with Crippen LogP contribution < -0.4 is 5.32 Å². The Bertz CT molecular complexity index is 883. The molecule has 0 spiro atoms. The fourth-order valence-corrected chi connectivity index (χ4v) is 3.19. The lowest BCUT2D eigenvalue weighted by atomic mass is 9.91. The number of carboxylic acid groups (broad SMARTS) is 1. The monoisotopic (exact) mass is 397 g/mol. The highest BCUT2D eigenvalue weighted by atomic mass is 19.4. The molecule has 0 bridgehead atoms. The third kappa shape index (κ3) is 4.24. The van der Waals surface area contributed by atoms with Gasteiger partial charge in [0, 0.05) is 31.5 Å². The van der Waals surface area contributed by atoms with Gasteiger partial charge in [-0.05, 0) is 24.5 Å². The molecule has 1 aliphatic heterocycles. The van der Waals surface area contributed by atoms with Gasteiger partial charge in [0.25, 0.3) is 0 Å². The van der Waals surface area contributed by atoms with Crippen LogP contribution in [0.1, 0.15) is 18.9 Å². The van der Waals surface area contributed by atoms with E-state index in [1.54, 1.807) is 0 Å². The zero-order chi connectivity index (χ0) is 20.5. The van der Waals surface area contributed by atoms with E-state index in [0.29, 0.717) is 13.0 Å². The minimum absolute atomic E-state index is 0.0148. The van der Waals surface area contributed by atoms with Crippen LogP contribution in [0, 0.1) is 11.8 Å². The van der Waals surface area contributed by atoms with Crippen LogP contribution >= 0.6 is 0 Å². The third-order valence-electron chi connectivity index (χ3n) is 4.43. The molecular weight excluding hydrogens is 379 g/mol. The van der Waals surface area contributed by atoms with Crippen LogP contribution in [0.4, 0.5) is 23.8 Å². The fourth-order valence-electron chi connectivity index (χ4n) is 3.19. The minimum Gasteiger partial charge on any atom is -0.481 e. The predicted octanol–water partition coefficient (Wildman–Crippen LogP) is 2.86. The Morgan fingerprint density at radius 2 is 2.04 bits per heavy atom. The summed E-state index contributed by atoms with van der Waals surface area (Å²) in [5.41, 5.74) is -0.954. The van der Waals surface area contributed by atoms with Crippen LogP contribution in [-0.2, 0) is 11.0 Å². The number of urea groups is 1. The van der Waals surface area contributed by atoms with Crippen LogP contribution in [0.15, 0.2) is 30.6 Å². The van der Waals surface area contributed by atoms with Crippen molar-refractivity contribution in [2.24, 2.45) is 11.8 Å². The Morgan fingerprint density at radius 1 is 1.29 bits per heavy atom. The normalized spacial score (nSPS) is 20.1. The van der Waals surface area contributed by atoms with Crippen molar-refractivity contribution >= 4 is 17.8 Å². The lowest BCUT2D eigenvalue weighted by molar-refractivity contribution is -0.143. The molecule has 1 saturated heterocycles. The number of hydrogen-bond donors (Lipinski definition) is 2. The number of aromatic nitrogens is 3. The van der Waals surface area contributed by atoms with E-state index < -0.39 is 35.5 Å². The van der Waals surface area contributed by atoms with Gasteiger partial charge in [-0.25, -0.2) is 14.5 Å². The molecule has 0 radical (unpaired) electrons. The molecule has 3 heterocycles. The quantitative estimate of drug-likeness (QED) is 0.830. The van der Waals surface area contributed by atoms with Gasteiger partial charge < -0.3 is 10.0 Å². The summed E-state index contributed by atoms with van der Waals surface area (Å²) in [4.78, 5) is 28.8. The van der Waals surface area contributed by atoms with Crippen molar-refractivity contribution < 1.29 is 27.9 Å². The Hall–Kier alpha value is -3.11. The van der Waals surface area contributed by atoms with Crippen LogP contribution in [0.25, 0.3) is 5.82 Å². The van der Waals surface area contributed by atoms with Gasteiger partial charge in [-0.1, -0.05) is 6.92 Å². The van der Waals surface area contributed by atoms with Crippen LogP contribution in [0.3, 0.4) is 0 Å². The van der Waals surface area contributed by atoms with E-state index in [-0.39, 0.29) is 18.3 Å². The van der Waals surface area contributed by atoms with Crippen molar-refractivity contribution in [2.75, 3.05) is 18.4 Å². The van der Waals surface area contributed by atoms with E-state index in [4.69, 9.17) is 0 Å². The summed E-state index contributed by atoms with van der Waals surface area (Å²) < 4.78 is 40.3. The molecular formula is C17H18F3N5O3. The lowest BCUT2D eigenvalue weighted by Crippen LogP contribution is -2.47. The highest BCUT2D eigenvalue weighted by Crippen LogP contribution is 2.32. The molecule has 2 N–H and O–H groups in total. The molecule has 3 rings (SSSR count). The summed E-state index contributed by atoms with van der Waals surface area (Å²) in [5, 5.41) is 15.6. The molecule has 1 aliphatic rings. The Balaban J connectivity index is 1.75. The van der Waals surface area contributed by atoms with Crippen LogP contribution in [0.2, 0.25) is 0 Å². The van der Waals surface area contributed by atoms with Crippen molar-refractivity contribution in [1.82, 2.24) is 19.7 Å². The number of nitrogens with one attached hydrogen (secondary N) is 1. The van der Waals surface area contributed by atoms with Crippen molar-refractivity contribution in [3.05, 3.63) is 36.2 Å². The number of carboxylic acids is 1. The van der Waals surface area contributed by atoms with Gasteiger partial charge in [0.15, 0.2) is 11.6 Å². The minimum atomic E-state index is -4.60. The average Bonchev–Trinajstić information content (AvgIpc) is 3.08. The Kier molecular flexibility index (Phi) is 5.25. The van der Waals surface area contributed by atoms with Crippen LogP contribution in [-0.4, -0.2) is 49.9 Å². The summed E-state index contributed by atoms with van der Waals surface area (Å²) >= 11 is 0. The maximum atomic E-state index is 13.1. The number of nitrogens with zero attached hydrogens (tertiary/aromatic N) is 4. The van der Waals surface area contributed by atoms with E-state index in [9.17, 15) is 27.9 Å². The number of piperidine rings is 1. The van der Waals surface area contributed by atoms with Gasteiger partial charge in [0.05, 0.1) is 5.92 Å². The van der Waals surface area contributed by atoms with Gasteiger partial charge in [-0.2, -0.15) is 13.2 Å². The molecule has 2 amide bonds. The smallest absolute Gasteiger partial charge is 0.420 e. The third-order valence-corrected chi connectivity index (χ3v) is 4.43. The number of alkyl halides is 3. The topological polar surface area (TPSA) is 100 Å². The highest BCUT2D eigenvalue weighted by molar-refractivity contribution is 5.88. The van der Waals surface area contributed by atoms with Gasteiger partial charge in [-0.3, -0.25) is 10.1 Å². The lowest BCUT2D eigenvalue weighted by Gasteiger charge is -2.34. The van der Waals surface area contributed by atoms with Gasteiger partial charge in [0.1, 0.15) is 5.56 Å². The number of amides is 2. The fraction of sp³-hybridized carbons (Fsp3) is 0.412. The average molecular weight is 397 g/mol. The molecule has 2 aromatic heterocycles. The maximum absolute atomic E-state index is 13.1. The first-order chi connectivity index (χ1) is 13.1. The Morgan fingerprint density at radius 3 is 2.71 bits per heavy atom. The van der Waals surface area contributed by atoms with Crippen molar-refractivity contribution in [1.29, 1.82) is 0 Å². The van der Waals surface area contributed by atoms with Crippen LogP contribution in [0.5, 0.6) is 0 Å². The molecule has 8 nitrogen and oxygen atoms in total. The second kappa shape index (κ2) is 7.49. The second-order valence-corrected chi connectivity index (χ2v) is 6.73. The number of carbonyl (C=O) groups is 2. The standard InChI is InChI=1S/C17H18F3N5O3/c1-10-7-11(15(26)27)9-24(8-10)16(28)22-13-4-6-25(23-13)14-12(17(18,19)20)3-2-5-21-14/h2-6,10-11H,7-9H2,1H3,(H,26,27)(H,22,23,28). The van der Waals surface area contributed by atoms with Gasteiger partial charge in [-0.15, -0.1) is 5.10 Å².